The van der Waals surface area contributed by atoms with Gasteiger partial charge in [-0.15, -0.1) is 0 Å². The van der Waals surface area contributed by atoms with Gasteiger partial charge in [0.05, 0.1) is 24.7 Å². The van der Waals surface area contributed by atoms with Crippen LogP contribution in [0.25, 0.3) is 0 Å². The summed E-state index contributed by atoms with van der Waals surface area (Å²) < 4.78 is 16.7. The molecule has 1 fully saturated rings. The summed E-state index contributed by atoms with van der Waals surface area (Å²) in [5, 5.41) is 0. The maximum Gasteiger partial charge on any atom is 0.308 e. The first-order valence-electron chi connectivity index (χ1n) is 9.06. The molecule has 1 aliphatic carbocycles. The number of hydrogen-bond acceptors (Lipinski definition) is 4. The normalized spacial score (nSPS) is 22.6. The maximum absolute atomic E-state index is 11.7. The molecule has 1 saturated carbocycles. The van der Waals surface area contributed by atoms with Crippen molar-refractivity contribution in [2.75, 3.05) is 19.8 Å². The van der Waals surface area contributed by atoms with Crippen LogP contribution >= 0.6 is 0 Å². The van der Waals surface area contributed by atoms with Crippen LogP contribution in [0.2, 0.25) is 0 Å². The molecule has 0 aromatic carbocycles. The average Bonchev–Trinajstić information content (AvgIpc) is 2.44. The van der Waals surface area contributed by atoms with Gasteiger partial charge in [0, 0.05) is 6.61 Å². The van der Waals surface area contributed by atoms with Gasteiger partial charge in [0.1, 0.15) is 6.61 Å². The lowest BCUT2D eigenvalue weighted by Gasteiger charge is -2.40. The molecule has 0 aromatic rings. The van der Waals surface area contributed by atoms with Gasteiger partial charge in [0.15, 0.2) is 0 Å². The third-order valence-corrected chi connectivity index (χ3v) is 4.65. The average molecular weight is 328 g/mol. The molecule has 1 rings (SSSR count). The van der Waals surface area contributed by atoms with E-state index in [-0.39, 0.29) is 12.1 Å². The molecule has 0 radical (unpaired) electrons. The standard InChI is InChI=1S/C19H36O4/c1-7-21-12-10-17(20)22-14-19(5,6)23-15(2)16-9-8-11-18(3,4)13-16/h15-16H,7-14H2,1-6H3. The summed E-state index contributed by atoms with van der Waals surface area (Å²) >= 11 is 0. The molecule has 4 nitrogen and oxygen atoms in total. The lowest BCUT2D eigenvalue weighted by atomic mass is 9.71. The minimum Gasteiger partial charge on any atom is -0.463 e. The van der Waals surface area contributed by atoms with E-state index in [1.54, 1.807) is 0 Å². The van der Waals surface area contributed by atoms with E-state index in [1.165, 1.54) is 25.7 Å². The van der Waals surface area contributed by atoms with Crippen LogP contribution in [0, 0.1) is 11.3 Å². The molecule has 136 valence electrons. The van der Waals surface area contributed by atoms with Gasteiger partial charge in [-0.1, -0.05) is 20.3 Å². The highest BCUT2D eigenvalue weighted by atomic mass is 16.6. The predicted octanol–water partition coefficient (Wildman–Crippen LogP) is 4.36. The van der Waals surface area contributed by atoms with Crippen LogP contribution < -0.4 is 0 Å². The van der Waals surface area contributed by atoms with Crippen LogP contribution in [0.15, 0.2) is 0 Å². The van der Waals surface area contributed by atoms with Crippen molar-refractivity contribution in [2.45, 2.75) is 85.4 Å². The van der Waals surface area contributed by atoms with Gasteiger partial charge in [-0.2, -0.15) is 0 Å². The lowest BCUT2D eigenvalue weighted by Crippen LogP contribution is -2.40. The third kappa shape index (κ3) is 8.16. The third-order valence-electron chi connectivity index (χ3n) is 4.65. The SMILES string of the molecule is CCOCCC(=O)OCC(C)(C)OC(C)C1CCCC(C)(C)C1. The number of ether oxygens (including phenoxy) is 3. The zero-order valence-electron chi connectivity index (χ0n) is 15.9. The summed E-state index contributed by atoms with van der Waals surface area (Å²) in [6.07, 6.45) is 5.50. The van der Waals surface area contributed by atoms with Crippen molar-refractivity contribution in [3.8, 4) is 0 Å². The molecule has 1 aliphatic rings. The quantitative estimate of drug-likeness (QED) is 0.466. The minimum atomic E-state index is -0.456. The molecular formula is C19H36O4. The van der Waals surface area contributed by atoms with E-state index in [9.17, 15) is 4.79 Å². The number of rotatable bonds is 9. The highest BCUT2D eigenvalue weighted by Gasteiger charge is 2.34. The van der Waals surface area contributed by atoms with Crippen LogP contribution in [0.1, 0.15) is 73.6 Å². The van der Waals surface area contributed by atoms with E-state index >= 15 is 0 Å². The van der Waals surface area contributed by atoms with Gasteiger partial charge in [-0.25, -0.2) is 0 Å². The van der Waals surface area contributed by atoms with Crippen molar-refractivity contribution in [3.05, 3.63) is 0 Å². The van der Waals surface area contributed by atoms with Gasteiger partial charge in [0.25, 0.3) is 0 Å². The molecule has 0 amide bonds. The van der Waals surface area contributed by atoms with Gasteiger partial charge in [-0.3, -0.25) is 4.79 Å². The highest BCUT2D eigenvalue weighted by Crippen LogP contribution is 2.41. The lowest BCUT2D eigenvalue weighted by molar-refractivity contribution is -0.163. The fourth-order valence-corrected chi connectivity index (χ4v) is 3.42. The molecule has 23 heavy (non-hydrogen) atoms. The van der Waals surface area contributed by atoms with Gasteiger partial charge >= 0.3 is 5.97 Å². The molecule has 4 heteroatoms. The molecular weight excluding hydrogens is 292 g/mol. The molecule has 0 bridgehead atoms. The topological polar surface area (TPSA) is 44.8 Å². The van der Waals surface area contributed by atoms with Crippen LogP contribution in [0.4, 0.5) is 0 Å². The monoisotopic (exact) mass is 328 g/mol. The molecule has 2 unspecified atom stereocenters. The van der Waals surface area contributed by atoms with Crippen molar-refractivity contribution in [1.82, 2.24) is 0 Å². The number of esters is 1. The highest BCUT2D eigenvalue weighted by molar-refractivity contribution is 5.69. The van der Waals surface area contributed by atoms with E-state index in [2.05, 4.69) is 20.8 Å². The van der Waals surface area contributed by atoms with E-state index in [4.69, 9.17) is 14.2 Å². The van der Waals surface area contributed by atoms with Gasteiger partial charge in [-0.05, 0) is 58.3 Å². The zero-order valence-corrected chi connectivity index (χ0v) is 15.9. The Balaban J connectivity index is 2.37. The van der Waals surface area contributed by atoms with E-state index in [0.717, 1.165) is 0 Å². The summed E-state index contributed by atoms with van der Waals surface area (Å²) in [5.74, 6) is 0.369. The first-order valence-corrected chi connectivity index (χ1v) is 9.06. The fraction of sp³-hybridized carbons (Fsp3) is 0.947. The minimum absolute atomic E-state index is 0.187. The number of hydrogen-bond donors (Lipinski definition) is 0. The summed E-state index contributed by atoms with van der Waals surface area (Å²) in [4.78, 5) is 11.7. The first kappa shape index (κ1) is 20.4. The summed E-state index contributed by atoms with van der Waals surface area (Å²) in [6.45, 7) is 14.1. The molecule has 0 aliphatic heterocycles. The van der Waals surface area contributed by atoms with E-state index < -0.39 is 5.60 Å². The van der Waals surface area contributed by atoms with Gasteiger partial charge < -0.3 is 14.2 Å². The largest absolute Gasteiger partial charge is 0.463 e. The summed E-state index contributed by atoms with van der Waals surface area (Å²) in [6, 6.07) is 0. The van der Waals surface area contributed by atoms with E-state index in [0.29, 0.717) is 37.6 Å². The summed E-state index contributed by atoms with van der Waals surface area (Å²) in [7, 11) is 0. The van der Waals surface area contributed by atoms with Crippen molar-refractivity contribution < 1.29 is 19.0 Å². The predicted molar refractivity (Wildman–Crippen MR) is 92.4 cm³/mol. The van der Waals surface area contributed by atoms with Crippen LogP contribution in [0.5, 0.6) is 0 Å². The van der Waals surface area contributed by atoms with Crippen molar-refractivity contribution >= 4 is 5.97 Å². The van der Waals surface area contributed by atoms with Crippen molar-refractivity contribution in [1.29, 1.82) is 0 Å². The molecule has 0 N–H and O–H groups in total. The van der Waals surface area contributed by atoms with Gasteiger partial charge in [0.2, 0.25) is 0 Å². The smallest absolute Gasteiger partial charge is 0.308 e. The molecule has 0 saturated heterocycles. The Morgan fingerprint density at radius 3 is 2.65 bits per heavy atom. The zero-order chi connectivity index (χ0) is 17.5. The molecule has 0 spiro atoms. The van der Waals surface area contributed by atoms with Crippen molar-refractivity contribution in [3.63, 3.8) is 0 Å². The second kappa shape index (κ2) is 9.03. The Morgan fingerprint density at radius 1 is 1.35 bits per heavy atom. The second-order valence-corrected chi connectivity index (χ2v) is 8.21. The Hall–Kier alpha value is -0.610. The maximum atomic E-state index is 11.7. The van der Waals surface area contributed by atoms with Crippen molar-refractivity contribution in [2.24, 2.45) is 11.3 Å². The molecule has 0 heterocycles. The van der Waals surface area contributed by atoms with E-state index in [1.807, 2.05) is 20.8 Å². The Bertz CT molecular complexity index is 362. The van der Waals surface area contributed by atoms with Crippen LogP contribution in [0.3, 0.4) is 0 Å². The number of carbonyl (C=O) groups is 1. The molecule has 0 aromatic heterocycles. The summed E-state index contributed by atoms with van der Waals surface area (Å²) in [5.41, 5.74) is -0.0430. The van der Waals surface area contributed by atoms with Crippen LogP contribution in [-0.2, 0) is 19.0 Å². The number of carbonyl (C=O) groups excluding carboxylic acids is 1. The molecule has 2 atom stereocenters. The first-order chi connectivity index (χ1) is 10.7. The Kier molecular flexibility index (Phi) is 8.02. The fourth-order valence-electron chi connectivity index (χ4n) is 3.42. The van der Waals surface area contributed by atoms with Crippen LogP contribution in [-0.4, -0.2) is 37.5 Å². The Morgan fingerprint density at radius 2 is 2.04 bits per heavy atom. The Labute approximate surface area is 142 Å². The second-order valence-electron chi connectivity index (χ2n) is 8.21.